The van der Waals surface area contributed by atoms with Gasteiger partial charge in [0.1, 0.15) is 0 Å². The Morgan fingerprint density at radius 2 is 1.91 bits per heavy atom. The SMILES string of the molecule is C[C](C)c1cc(C)ccc1Cl. The summed E-state index contributed by atoms with van der Waals surface area (Å²) < 4.78 is 0. The first kappa shape index (κ1) is 8.61. The molecule has 0 amide bonds. The van der Waals surface area contributed by atoms with Crippen LogP contribution in [0.15, 0.2) is 18.2 Å². The number of hydrogen-bond acceptors (Lipinski definition) is 0. The summed E-state index contributed by atoms with van der Waals surface area (Å²) in [6.07, 6.45) is 0. The van der Waals surface area contributed by atoms with Crippen LogP contribution in [-0.4, -0.2) is 0 Å². The molecule has 0 atom stereocenters. The maximum Gasteiger partial charge on any atom is 0.0443 e. The Morgan fingerprint density at radius 3 is 2.36 bits per heavy atom. The second kappa shape index (κ2) is 3.27. The summed E-state index contributed by atoms with van der Waals surface area (Å²) in [5.74, 6) is 1.26. The summed E-state index contributed by atoms with van der Waals surface area (Å²) in [6.45, 7) is 6.21. The maximum atomic E-state index is 5.97. The van der Waals surface area contributed by atoms with Crippen LogP contribution in [0.5, 0.6) is 0 Å². The van der Waals surface area contributed by atoms with Crippen molar-refractivity contribution in [3.63, 3.8) is 0 Å². The first-order valence-corrected chi connectivity index (χ1v) is 4.05. The molecule has 1 radical (unpaired) electrons. The molecule has 0 spiro atoms. The van der Waals surface area contributed by atoms with Crippen molar-refractivity contribution in [2.24, 2.45) is 0 Å². The first-order chi connectivity index (χ1) is 5.11. The summed E-state index contributed by atoms with van der Waals surface area (Å²) in [7, 11) is 0. The fraction of sp³-hybridized carbons (Fsp3) is 0.300. The lowest BCUT2D eigenvalue weighted by atomic mass is 10.0. The molecule has 0 aliphatic carbocycles. The Bertz CT molecular complexity index is 251. The van der Waals surface area contributed by atoms with Crippen LogP contribution in [0.1, 0.15) is 25.0 Å². The lowest BCUT2D eigenvalue weighted by Crippen LogP contribution is -1.89. The van der Waals surface area contributed by atoms with Gasteiger partial charge in [0.25, 0.3) is 0 Å². The summed E-state index contributed by atoms with van der Waals surface area (Å²) in [5, 5.41) is 0.843. The fourth-order valence-corrected chi connectivity index (χ4v) is 1.33. The molecular weight excluding hydrogens is 156 g/mol. The van der Waals surface area contributed by atoms with E-state index >= 15 is 0 Å². The molecule has 0 saturated heterocycles. The van der Waals surface area contributed by atoms with Gasteiger partial charge in [-0.3, -0.25) is 0 Å². The van der Waals surface area contributed by atoms with Gasteiger partial charge in [0.05, 0.1) is 0 Å². The molecule has 1 aromatic carbocycles. The van der Waals surface area contributed by atoms with Gasteiger partial charge < -0.3 is 0 Å². The molecule has 1 heteroatoms. The molecule has 1 rings (SSSR count). The standard InChI is InChI=1S/C10H12Cl/c1-7(2)9-6-8(3)4-5-10(9)11/h4-6H,1-3H3. The molecule has 0 unspecified atom stereocenters. The average Bonchev–Trinajstić information content (AvgIpc) is 1.94. The molecule has 0 heterocycles. The lowest BCUT2D eigenvalue weighted by Gasteiger charge is -2.07. The van der Waals surface area contributed by atoms with Crippen molar-refractivity contribution in [2.45, 2.75) is 20.8 Å². The number of halogens is 1. The molecule has 59 valence electrons. The van der Waals surface area contributed by atoms with E-state index < -0.39 is 0 Å². The Morgan fingerprint density at radius 1 is 1.27 bits per heavy atom. The minimum Gasteiger partial charge on any atom is -0.0840 e. The van der Waals surface area contributed by atoms with Gasteiger partial charge in [-0.2, -0.15) is 0 Å². The van der Waals surface area contributed by atoms with E-state index in [0.717, 1.165) is 10.6 Å². The second-order valence-corrected chi connectivity index (χ2v) is 3.39. The Balaban J connectivity index is 3.13. The molecule has 1 aromatic rings. The summed E-state index contributed by atoms with van der Waals surface area (Å²) >= 11 is 5.97. The van der Waals surface area contributed by atoms with E-state index in [1.54, 1.807) is 0 Å². The predicted molar refractivity (Wildman–Crippen MR) is 49.9 cm³/mol. The monoisotopic (exact) mass is 167 g/mol. The molecule has 0 N–H and O–H groups in total. The summed E-state index contributed by atoms with van der Waals surface area (Å²) in [4.78, 5) is 0. The molecule has 0 aromatic heterocycles. The van der Waals surface area contributed by atoms with Crippen molar-refractivity contribution in [1.82, 2.24) is 0 Å². The molecule has 11 heavy (non-hydrogen) atoms. The normalized spacial score (nSPS) is 10.6. The Labute approximate surface area is 73.2 Å². The zero-order valence-electron chi connectivity index (χ0n) is 7.11. The molecule has 0 saturated carbocycles. The van der Waals surface area contributed by atoms with E-state index in [0.29, 0.717) is 0 Å². The fourth-order valence-electron chi connectivity index (χ4n) is 1.02. The van der Waals surface area contributed by atoms with Gasteiger partial charge in [0.15, 0.2) is 0 Å². The zero-order valence-corrected chi connectivity index (χ0v) is 7.87. The highest BCUT2D eigenvalue weighted by Gasteiger charge is 2.04. The first-order valence-electron chi connectivity index (χ1n) is 3.68. The van der Waals surface area contributed by atoms with Gasteiger partial charge in [0, 0.05) is 10.9 Å². The average molecular weight is 168 g/mol. The predicted octanol–water partition coefficient (Wildman–Crippen LogP) is 3.61. The Kier molecular flexibility index (Phi) is 2.56. The van der Waals surface area contributed by atoms with Crippen LogP contribution >= 0.6 is 11.6 Å². The van der Waals surface area contributed by atoms with Crippen molar-refractivity contribution in [2.75, 3.05) is 0 Å². The van der Waals surface area contributed by atoms with Crippen molar-refractivity contribution in [3.8, 4) is 0 Å². The van der Waals surface area contributed by atoms with Crippen molar-refractivity contribution in [3.05, 3.63) is 40.3 Å². The third-order valence-corrected chi connectivity index (χ3v) is 1.99. The molecule has 0 aliphatic heterocycles. The van der Waals surface area contributed by atoms with Crippen LogP contribution in [0.3, 0.4) is 0 Å². The van der Waals surface area contributed by atoms with Crippen LogP contribution in [0.4, 0.5) is 0 Å². The maximum absolute atomic E-state index is 5.97. The largest absolute Gasteiger partial charge is 0.0840 e. The molecule has 0 bridgehead atoms. The van der Waals surface area contributed by atoms with Gasteiger partial charge in [-0.1, -0.05) is 43.1 Å². The highest BCUT2D eigenvalue weighted by molar-refractivity contribution is 6.31. The van der Waals surface area contributed by atoms with Gasteiger partial charge in [-0.15, -0.1) is 0 Å². The second-order valence-electron chi connectivity index (χ2n) is 2.98. The lowest BCUT2D eigenvalue weighted by molar-refractivity contribution is 1.14. The summed E-state index contributed by atoms with van der Waals surface area (Å²) in [5.41, 5.74) is 2.41. The van der Waals surface area contributed by atoms with E-state index in [-0.39, 0.29) is 0 Å². The quantitative estimate of drug-likeness (QED) is 0.600. The minimum atomic E-state index is 0.843. The number of hydrogen-bond donors (Lipinski definition) is 0. The Hall–Kier alpha value is -0.490. The number of aryl methyl sites for hydroxylation is 1. The molecule has 0 fully saturated rings. The van der Waals surface area contributed by atoms with Crippen molar-refractivity contribution in [1.29, 1.82) is 0 Å². The van der Waals surface area contributed by atoms with E-state index in [1.807, 2.05) is 12.1 Å². The van der Waals surface area contributed by atoms with E-state index in [9.17, 15) is 0 Å². The van der Waals surface area contributed by atoms with Crippen molar-refractivity contribution < 1.29 is 0 Å². The van der Waals surface area contributed by atoms with E-state index in [2.05, 4.69) is 26.8 Å². The molecular formula is C10H12Cl. The van der Waals surface area contributed by atoms with Gasteiger partial charge in [0.2, 0.25) is 0 Å². The minimum absolute atomic E-state index is 0.843. The van der Waals surface area contributed by atoms with Crippen LogP contribution < -0.4 is 0 Å². The van der Waals surface area contributed by atoms with Gasteiger partial charge >= 0.3 is 0 Å². The molecule has 0 aliphatic rings. The number of rotatable bonds is 1. The van der Waals surface area contributed by atoms with Crippen LogP contribution in [-0.2, 0) is 0 Å². The highest BCUT2D eigenvalue weighted by atomic mass is 35.5. The molecule has 0 nitrogen and oxygen atoms in total. The van der Waals surface area contributed by atoms with Gasteiger partial charge in [-0.05, 0) is 18.6 Å². The third kappa shape index (κ3) is 1.97. The third-order valence-electron chi connectivity index (χ3n) is 1.66. The topological polar surface area (TPSA) is 0 Å². The van der Waals surface area contributed by atoms with Crippen LogP contribution in [0.2, 0.25) is 5.02 Å². The van der Waals surface area contributed by atoms with Crippen LogP contribution in [0, 0.1) is 12.8 Å². The highest BCUT2D eigenvalue weighted by Crippen LogP contribution is 2.23. The smallest absolute Gasteiger partial charge is 0.0443 e. The van der Waals surface area contributed by atoms with Crippen LogP contribution in [0.25, 0.3) is 0 Å². The van der Waals surface area contributed by atoms with Crippen molar-refractivity contribution >= 4 is 11.6 Å². The van der Waals surface area contributed by atoms with E-state index in [1.165, 1.54) is 11.5 Å². The van der Waals surface area contributed by atoms with Gasteiger partial charge in [-0.25, -0.2) is 0 Å². The summed E-state index contributed by atoms with van der Waals surface area (Å²) in [6, 6.07) is 6.08. The van der Waals surface area contributed by atoms with E-state index in [4.69, 9.17) is 11.6 Å². The zero-order chi connectivity index (χ0) is 8.43. The number of benzene rings is 1.